The average Bonchev–Trinajstić information content (AvgIpc) is 3.06. The average molecular weight is 359 g/mol. The summed E-state index contributed by atoms with van der Waals surface area (Å²) in [5.74, 6) is 0.0276. The summed E-state index contributed by atoms with van der Waals surface area (Å²) in [7, 11) is 1.75. The van der Waals surface area contributed by atoms with Gasteiger partial charge in [0.05, 0.1) is 12.1 Å². The number of ether oxygens (including phenoxy) is 2. The van der Waals surface area contributed by atoms with E-state index in [1.807, 2.05) is 11.0 Å². The number of amides is 2. The maximum atomic E-state index is 12.0. The van der Waals surface area contributed by atoms with Crippen molar-refractivity contribution in [3.63, 3.8) is 0 Å². The zero-order valence-corrected chi connectivity index (χ0v) is 15.0. The summed E-state index contributed by atoms with van der Waals surface area (Å²) >= 11 is 0. The van der Waals surface area contributed by atoms with Gasteiger partial charge in [-0.05, 0) is 55.2 Å². The lowest BCUT2D eigenvalue weighted by atomic mass is 9.57. The molecule has 2 saturated carbocycles. The molecule has 26 heavy (non-hydrogen) atoms. The normalized spacial score (nSPS) is 33.8. The Hall–Kier alpha value is -2.15. The van der Waals surface area contributed by atoms with Gasteiger partial charge in [-0.1, -0.05) is 6.42 Å². The molecule has 0 spiro atoms. The van der Waals surface area contributed by atoms with Gasteiger partial charge < -0.3 is 20.1 Å². The lowest BCUT2D eigenvalue weighted by molar-refractivity contribution is -0.163. The van der Waals surface area contributed by atoms with Crippen molar-refractivity contribution in [3.05, 3.63) is 29.6 Å². The molecule has 2 heterocycles. The van der Waals surface area contributed by atoms with Crippen LogP contribution in [0.1, 0.15) is 48.2 Å². The second-order valence-electron chi connectivity index (χ2n) is 7.55. The van der Waals surface area contributed by atoms with E-state index in [4.69, 9.17) is 15.2 Å². The Morgan fingerprint density at radius 3 is 2.69 bits per heavy atom. The lowest BCUT2D eigenvalue weighted by Crippen LogP contribution is -2.56. The summed E-state index contributed by atoms with van der Waals surface area (Å²) < 4.78 is 11.3. The standard InChI is InChI=1S/C19H25N3O4/c1-25-19(14-5-6-21-16(11-14)17(20)23)12-3-2-4-13(19)10-15(9-12)22-7-8-26-18(22)24/h5-6,11-13,15H,2-4,7-10H2,1H3,(H2,20,23). The minimum Gasteiger partial charge on any atom is -0.448 e. The molecular weight excluding hydrogens is 334 g/mol. The van der Waals surface area contributed by atoms with Gasteiger partial charge in [-0.15, -0.1) is 0 Å². The first kappa shape index (κ1) is 17.3. The van der Waals surface area contributed by atoms with E-state index in [1.54, 1.807) is 19.4 Å². The van der Waals surface area contributed by atoms with E-state index < -0.39 is 11.5 Å². The van der Waals surface area contributed by atoms with Crippen molar-refractivity contribution in [1.82, 2.24) is 9.88 Å². The molecule has 2 atom stereocenters. The van der Waals surface area contributed by atoms with Crippen molar-refractivity contribution in [1.29, 1.82) is 0 Å². The van der Waals surface area contributed by atoms with Gasteiger partial charge in [-0.3, -0.25) is 9.78 Å². The third-order valence-electron chi connectivity index (χ3n) is 6.47. The van der Waals surface area contributed by atoms with Crippen LogP contribution in [0.3, 0.4) is 0 Å². The Morgan fingerprint density at radius 1 is 1.38 bits per heavy atom. The molecule has 1 aromatic heterocycles. The van der Waals surface area contributed by atoms with Crippen molar-refractivity contribution < 1.29 is 19.1 Å². The number of primary amides is 1. The van der Waals surface area contributed by atoms with Gasteiger partial charge in [0.15, 0.2) is 0 Å². The SMILES string of the molecule is COC1(c2ccnc(C(N)=O)c2)C2CCCC1CC(N1CCOC1=O)C2. The maximum absolute atomic E-state index is 12.0. The molecule has 1 aliphatic heterocycles. The number of nitrogens with two attached hydrogens (primary N) is 1. The molecule has 1 saturated heterocycles. The van der Waals surface area contributed by atoms with Crippen molar-refractivity contribution in [2.24, 2.45) is 17.6 Å². The highest BCUT2D eigenvalue weighted by molar-refractivity contribution is 5.90. The predicted octanol–water partition coefficient (Wildman–Crippen LogP) is 2.05. The number of methoxy groups -OCH3 is 1. The minimum absolute atomic E-state index is 0.195. The molecular formula is C19H25N3O4. The third-order valence-corrected chi connectivity index (χ3v) is 6.47. The number of fused-ring (bicyclic) bond motifs is 2. The van der Waals surface area contributed by atoms with E-state index >= 15 is 0 Å². The molecule has 2 unspecified atom stereocenters. The molecule has 2 bridgehead atoms. The molecule has 2 aliphatic carbocycles. The number of hydrogen-bond acceptors (Lipinski definition) is 5. The van der Waals surface area contributed by atoms with E-state index in [2.05, 4.69) is 4.98 Å². The second-order valence-corrected chi connectivity index (χ2v) is 7.55. The fraction of sp³-hybridized carbons (Fsp3) is 0.632. The predicted molar refractivity (Wildman–Crippen MR) is 93.3 cm³/mol. The second kappa shape index (κ2) is 6.54. The van der Waals surface area contributed by atoms with Gasteiger partial charge in [0, 0.05) is 19.3 Å². The monoisotopic (exact) mass is 359 g/mol. The van der Waals surface area contributed by atoms with E-state index in [-0.39, 0.29) is 29.7 Å². The van der Waals surface area contributed by atoms with Crippen LogP contribution >= 0.6 is 0 Å². The van der Waals surface area contributed by atoms with Crippen LogP contribution < -0.4 is 5.73 Å². The first-order valence-corrected chi connectivity index (χ1v) is 9.31. The molecule has 7 heteroatoms. The van der Waals surface area contributed by atoms with E-state index in [0.717, 1.165) is 37.7 Å². The molecule has 0 aromatic carbocycles. The third kappa shape index (κ3) is 2.57. The largest absolute Gasteiger partial charge is 0.448 e. The van der Waals surface area contributed by atoms with Crippen LogP contribution in [0.5, 0.6) is 0 Å². The van der Waals surface area contributed by atoms with Crippen LogP contribution in [-0.4, -0.2) is 48.2 Å². The van der Waals surface area contributed by atoms with Crippen molar-refractivity contribution in [3.8, 4) is 0 Å². The molecule has 4 rings (SSSR count). The number of aromatic nitrogens is 1. The highest BCUT2D eigenvalue weighted by Gasteiger charge is 2.55. The molecule has 7 nitrogen and oxygen atoms in total. The summed E-state index contributed by atoms with van der Waals surface area (Å²) in [6.07, 6.45) is 6.44. The molecule has 2 N–H and O–H groups in total. The zero-order valence-electron chi connectivity index (χ0n) is 15.0. The Bertz CT molecular complexity index is 708. The zero-order chi connectivity index (χ0) is 18.3. The van der Waals surface area contributed by atoms with Crippen LogP contribution in [-0.2, 0) is 15.1 Å². The van der Waals surface area contributed by atoms with Crippen LogP contribution in [0, 0.1) is 11.8 Å². The molecule has 1 aromatic rings. The maximum Gasteiger partial charge on any atom is 0.410 e. The fourth-order valence-electron chi connectivity index (χ4n) is 5.43. The fourth-order valence-corrected chi connectivity index (χ4v) is 5.43. The van der Waals surface area contributed by atoms with Gasteiger partial charge in [0.2, 0.25) is 0 Å². The Labute approximate surface area is 152 Å². The Kier molecular flexibility index (Phi) is 4.34. The highest BCUT2D eigenvalue weighted by Crippen LogP contribution is 2.55. The summed E-state index contributed by atoms with van der Waals surface area (Å²) in [6, 6.07) is 3.91. The summed E-state index contributed by atoms with van der Waals surface area (Å²) in [5, 5.41) is 0. The first-order chi connectivity index (χ1) is 12.6. The quantitative estimate of drug-likeness (QED) is 0.888. The summed E-state index contributed by atoms with van der Waals surface area (Å²) in [6.45, 7) is 1.15. The van der Waals surface area contributed by atoms with Gasteiger partial charge in [0.1, 0.15) is 12.3 Å². The van der Waals surface area contributed by atoms with Crippen LogP contribution in [0.2, 0.25) is 0 Å². The van der Waals surface area contributed by atoms with Gasteiger partial charge in [-0.2, -0.15) is 0 Å². The number of carbonyl (C=O) groups excluding carboxylic acids is 2. The van der Waals surface area contributed by atoms with Crippen molar-refractivity contribution in [2.45, 2.75) is 43.7 Å². The van der Waals surface area contributed by atoms with E-state index in [1.165, 1.54) is 0 Å². The number of carbonyl (C=O) groups is 2. The van der Waals surface area contributed by atoms with Crippen LogP contribution in [0.4, 0.5) is 4.79 Å². The molecule has 140 valence electrons. The molecule has 3 fully saturated rings. The van der Waals surface area contributed by atoms with E-state index in [9.17, 15) is 9.59 Å². The number of nitrogens with zero attached hydrogens (tertiary/aromatic N) is 2. The minimum atomic E-state index is -0.531. The Morgan fingerprint density at radius 2 is 2.12 bits per heavy atom. The van der Waals surface area contributed by atoms with E-state index in [0.29, 0.717) is 13.2 Å². The molecule has 0 radical (unpaired) electrons. The smallest absolute Gasteiger partial charge is 0.410 e. The Balaban J connectivity index is 1.69. The highest BCUT2D eigenvalue weighted by atomic mass is 16.6. The van der Waals surface area contributed by atoms with Crippen molar-refractivity contribution >= 4 is 12.0 Å². The van der Waals surface area contributed by atoms with Gasteiger partial charge in [0.25, 0.3) is 5.91 Å². The number of rotatable bonds is 4. The number of hydrogen-bond donors (Lipinski definition) is 1. The number of pyridine rings is 1. The first-order valence-electron chi connectivity index (χ1n) is 9.31. The van der Waals surface area contributed by atoms with Crippen LogP contribution in [0.25, 0.3) is 0 Å². The molecule has 3 aliphatic rings. The molecule has 2 amide bonds. The van der Waals surface area contributed by atoms with Crippen LogP contribution in [0.15, 0.2) is 18.3 Å². The topological polar surface area (TPSA) is 94.8 Å². The number of cyclic esters (lactones) is 1. The lowest BCUT2D eigenvalue weighted by Gasteiger charge is -2.55. The van der Waals surface area contributed by atoms with Gasteiger partial charge >= 0.3 is 6.09 Å². The van der Waals surface area contributed by atoms with Gasteiger partial charge in [-0.25, -0.2) is 4.79 Å². The summed E-state index contributed by atoms with van der Waals surface area (Å²) in [4.78, 5) is 29.6. The summed E-state index contributed by atoms with van der Waals surface area (Å²) in [5.41, 5.74) is 6.22. The van der Waals surface area contributed by atoms with Crippen molar-refractivity contribution in [2.75, 3.05) is 20.3 Å².